The number of piperidine rings is 1. The number of hydrogen-bond acceptors (Lipinski definition) is 15. The third-order valence-electron chi connectivity index (χ3n) is 11.0. The summed E-state index contributed by atoms with van der Waals surface area (Å²) in [6.07, 6.45) is 7.79. The van der Waals surface area contributed by atoms with Crippen LogP contribution in [0.4, 0.5) is 22.5 Å². The Hall–Kier alpha value is -7.17. The first kappa shape index (κ1) is 39.0. The van der Waals surface area contributed by atoms with Gasteiger partial charge in [-0.05, 0) is 92.1 Å². The van der Waals surface area contributed by atoms with Crippen molar-refractivity contribution < 1.29 is 23.7 Å². The Morgan fingerprint density at radius 3 is 2.26 bits per heavy atom. The number of carbonyl (C=O) groups excluding carboxylic acids is 1. The minimum Gasteiger partial charge on any atom is -0.476 e. The maximum absolute atomic E-state index is 13.2. The number of aromatic amines is 1. The lowest BCUT2D eigenvalue weighted by molar-refractivity contribution is 0.0817. The molecule has 15 nitrogen and oxygen atoms in total. The van der Waals surface area contributed by atoms with E-state index in [0.717, 1.165) is 71.0 Å². The average molecular weight is 847 g/mol. The topological polar surface area (TPSA) is 166 Å². The molecular formula is C46H42N10O5S. The van der Waals surface area contributed by atoms with Gasteiger partial charge >= 0.3 is 0 Å². The molecule has 0 spiro atoms. The third kappa shape index (κ3) is 8.55. The van der Waals surface area contributed by atoms with Crippen LogP contribution in [0, 0.1) is 5.92 Å². The molecule has 8 aromatic rings. The molecule has 2 N–H and O–H groups in total. The molecule has 2 aliphatic rings. The number of rotatable bonds is 14. The lowest BCUT2D eigenvalue weighted by Gasteiger charge is -2.32. The summed E-state index contributed by atoms with van der Waals surface area (Å²) < 4.78 is 25.7. The number of para-hydroxylation sites is 3. The maximum atomic E-state index is 13.2. The van der Waals surface area contributed by atoms with Crippen LogP contribution in [0.5, 0.6) is 29.1 Å². The molecule has 0 bridgehead atoms. The fraction of sp³-hybridized carbons (Fsp3) is 0.239. The number of ketones is 1. The summed E-state index contributed by atoms with van der Waals surface area (Å²) in [6.45, 7) is 3.39. The van der Waals surface area contributed by atoms with E-state index < -0.39 is 0 Å². The maximum Gasteiger partial charge on any atom is 0.266 e. The van der Waals surface area contributed by atoms with Crippen molar-refractivity contribution in [2.75, 3.05) is 55.0 Å². The molecule has 6 heterocycles. The molecule has 1 atom stereocenters. The minimum atomic E-state index is -0.202. The molecule has 4 aromatic carbocycles. The van der Waals surface area contributed by atoms with Crippen LogP contribution in [0.1, 0.15) is 35.4 Å². The van der Waals surface area contributed by atoms with Crippen molar-refractivity contribution in [2.24, 2.45) is 5.92 Å². The summed E-state index contributed by atoms with van der Waals surface area (Å²) in [6, 6.07) is 30.3. The first-order valence-corrected chi connectivity index (χ1v) is 21.3. The van der Waals surface area contributed by atoms with Gasteiger partial charge in [-0.25, -0.2) is 24.9 Å². The van der Waals surface area contributed by atoms with Crippen LogP contribution in [0.3, 0.4) is 0 Å². The molecular weight excluding hydrogens is 805 g/mol. The number of H-pyrrole nitrogens is 1. The highest BCUT2D eigenvalue weighted by Gasteiger charge is 2.29. The predicted octanol–water partition coefficient (Wildman–Crippen LogP) is 8.83. The molecule has 4 aromatic heterocycles. The van der Waals surface area contributed by atoms with E-state index in [9.17, 15) is 4.79 Å². The second-order valence-corrected chi connectivity index (χ2v) is 16.2. The molecule has 62 heavy (non-hydrogen) atoms. The zero-order chi connectivity index (χ0) is 41.8. The van der Waals surface area contributed by atoms with Crippen LogP contribution in [-0.4, -0.2) is 86.7 Å². The SMILES string of the molecule is COC1CCN(c2ncc(OC[C@@H]3CCN(c4nccnc4Oc4ccc(C(=O)c5nc6ccccc6[nH]5)cc4)C3)nc2Oc2ccc(Nc3nc4ccccc4s3)cc2)CC1. The van der Waals surface area contributed by atoms with Gasteiger partial charge in [-0.2, -0.15) is 4.98 Å². The van der Waals surface area contributed by atoms with Crippen molar-refractivity contribution in [3.63, 3.8) is 0 Å². The number of imidazole rings is 1. The van der Waals surface area contributed by atoms with Crippen LogP contribution in [-0.2, 0) is 4.74 Å². The van der Waals surface area contributed by atoms with Crippen molar-refractivity contribution >= 4 is 60.8 Å². The van der Waals surface area contributed by atoms with E-state index in [1.54, 1.807) is 61.3 Å². The zero-order valence-corrected chi connectivity index (χ0v) is 34.6. The molecule has 10 rings (SSSR count). The first-order chi connectivity index (χ1) is 30.5. The van der Waals surface area contributed by atoms with Crippen LogP contribution >= 0.6 is 11.3 Å². The number of hydrogen-bond donors (Lipinski definition) is 2. The van der Waals surface area contributed by atoms with E-state index in [-0.39, 0.29) is 23.6 Å². The Kier molecular flexibility index (Phi) is 11.0. The Morgan fingerprint density at radius 2 is 1.47 bits per heavy atom. The number of aromatic nitrogens is 7. The standard InChI is InChI=1S/C46H42N10O5S/c1-58-32-19-24-55(25-20-32)43-45(61-34-16-12-31(13-17-34)50-46-53-37-8-4-5-9-38(37)62-46)54-39(26-49-43)59-28-29-18-23-56(27-29)42-44(48-22-21-47-42)60-33-14-10-30(11-15-33)40(57)41-51-35-6-2-3-7-36(35)52-41/h2-17,21-22,26,29,32H,18-20,23-25,27-28H2,1H3,(H,50,53)(H,51,52)/t29-/m1/s1. The van der Waals surface area contributed by atoms with Gasteiger partial charge in [0, 0.05) is 62.9 Å². The highest BCUT2D eigenvalue weighted by atomic mass is 32.1. The second kappa shape index (κ2) is 17.4. The number of benzene rings is 4. The summed E-state index contributed by atoms with van der Waals surface area (Å²) in [5, 5.41) is 4.23. The summed E-state index contributed by atoms with van der Waals surface area (Å²) in [4.78, 5) is 48.6. The fourth-order valence-corrected chi connectivity index (χ4v) is 8.62. The number of anilines is 4. The Morgan fingerprint density at radius 1 is 0.758 bits per heavy atom. The van der Waals surface area contributed by atoms with E-state index in [2.05, 4.69) is 41.1 Å². The summed E-state index contributed by atoms with van der Waals surface area (Å²) in [5.74, 6) is 3.87. The zero-order valence-electron chi connectivity index (χ0n) is 33.8. The summed E-state index contributed by atoms with van der Waals surface area (Å²) in [7, 11) is 1.76. The number of nitrogens with zero attached hydrogens (tertiary/aromatic N) is 8. The van der Waals surface area contributed by atoms with Crippen molar-refractivity contribution in [1.82, 2.24) is 34.9 Å². The van der Waals surface area contributed by atoms with Crippen molar-refractivity contribution in [2.45, 2.75) is 25.4 Å². The van der Waals surface area contributed by atoms with Crippen LogP contribution in [0.2, 0.25) is 0 Å². The number of fused-ring (bicyclic) bond motifs is 2. The first-order valence-electron chi connectivity index (χ1n) is 20.5. The largest absolute Gasteiger partial charge is 0.476 e. The van der Waals surface area contributed by atoms with E-state index in [1.807, 2.05) is 66.7 Å². The number of thiazole rings is 1. The number of methoxy groups -OCH3 is 1. The van der Waals surface area contributed by atoms with Gasteiger partial charge in [0.1, 0.15) is 11.5 Å². The van der Waals surface area contributed by atoms with Gasteiger partial charge in [0.25, 0.3) is 11.8 Å². The molecule has 0 saturated carbocycles. The van der Waals surface area contributed by atoms with Gasteiger partial charge in [0.15, 0.2) is 22.6 Å². The highest BCUT2D eigenvalue weighted by Crippen LogP contribution is 2.36. The third-order valence-corrected chi connectivity index (χ3v) is 12.0. The van der Waals surface area contributed by atoms with Crippen LogP contribution in [0.25, 0.3) is 21.3 Å². The molecule has 2 fully saturated rings. The van der Waals surface area contributed by atoms with Crippen molar-refractivity contribution in [3.05, 3.63) is 127 Å². The van der Waals surface area contributed by atoms with Gasteiger partial charge in [0.05, 0.1) is 40.2 Å². The Balaban J connectivity index is 0.787. The molecule has 0 aliphatic carbocycles. The van der Waals surface area contributed by atoms with Gasteiger partial charge < -0.3 is 39.0 Å². The molecule has 0 amide bonds. The second-order valence-electron chi connectivity index (χ2n) is 15.2. The van der Waals surface area contributed by atoms with Gasteiger partial charge in [0.2, 0.25) is 11.7 Å². The van der Waals surface area contributed by atoms with Crippen LogP contribution in [0.15, 0.2) is 116 Å². The van der Waals surface area contributed by atoms with Gasteiger partial charge in [-0.1, -0.05) is 35.6 Å². The molecule has 2 saturated heterocycles. The smallest absolute Gasteiger partial charge is 0.266 e. The van der Waals surface area contributed by atoms with E-state index in [0.29, 0.717) is 59.5 Å². The Bertz CT molecular complexity index is 2760. The molecule has 312 valence electrons. The molecule has 2 aliphatic heterocycles. The Labute approximate surface area is 360 Å². The highest BCUT2D eigenvalue weighted by molar-refractivity contribution is 7.22. The molecule has 0 unspecified atom stereocenters. The monoisotopic (exact) mass is 846 g/mol. The molecule has 0 radical (unpaired) electrons. The van der Waals surface area contributed by atoms with Gasteiger partial charge in [-0.3, -0.25) is 4.79 Å². The van der Waals surface area contributed by atoms with E-state index >= 15 is 0 Å². The molecule has 16 heteroatoms. The van der Waals surface area contributed by atoms with E-state index in [4.69, 9.17) is 33.9 Å². The van der Waals surface area contributed by atoms with Crippen LogP contribution < -0.4 is 29.3 Å². The lowest BCUT2D eigenvalue weighted by Crippen LogP contribution is -2.37. The quantitative estimate of drug-likeness (QED) is 0.0997. The van der Waals surface area contributed by atoms with Crippen molar-refractivity contribution in [1.29, 1.82) is 0 Å². The lowest BCUT2D eigenvalue weighted by atomic mass is 10.1. The normalized spacial score (nSPS) is 15.6. The summed E-state index contributed by atoms with van der Waals surface area (Å²) in [5.41, 5.74) is 3.91. The predicted molar refractivity (Wildman–Crippen MR) is 238 cm³/mol. The number of nitrogens with one attached hydrogen (secondary N) is 2. The average Bonchev–Trinajstić information content (AvgIpc) is 4.08. The minimum absolute atomic E-state index is 0.183. The van der Waals surface area contributed by atoms with Gasteiger partial charge in [-0.15, -0.1) is 0 Å². The fourth-order valence-electron chi connectivity index (χ4n) is 7.73. The number of carbonyl (C=O) groups is 1. The van der Waals surface area contributed by atoms with E-state index in [1.165, 1.54) is 0 Å². The number of ether oxygens (including phenoxy) is 4. The van der Waals surface area contributed by atoms with Crippen molar-refractivity contribution in [3.8, 4) is 29.1 Å². The summed E-state index contributed by atoms with van der Waals surface area (Å²) >= 11 is 1.61.